The van der Waals surface area contributed by atoms with Crippen molar-refractivity contribution in [2.75, 3.05) is 0 Å². The van der Waals surface area contributed by atoms with Crippen LogP contribution in [0.5, 0.6) is 0 Å². The lowest BCUT2D eigenvalue weighted by Gasteiger charge is -2.07. The number of thiophene rings is 1. The van der Waals surface area contributed by atoms with Gasteiger partial charge in [-0.05, 0) is 61.6 Å². The number of amides is 2. The fourth-order valence-electron chi connectivity index (χ4n) is 3.21. The standard InChI is InChI=1S/C21H23FN2O3S/c22-16-9-7-14(8-10-16)17(25)11-12-20(26)23-24-21(27)19-13-15-5-3-1-2-4-6-18(15)28-19/h7-10,13H,1-6,11-12H2,(H,23,26)(H,24,27). The second kappa shape index (κ2) is 9.59. The van der Waals surface area contributed by atoms with E-state index in [0.29, 0.717) is 10.4 Å². The Labute approximate surface area is 167 Å². The predicted octanol–water partition coefficient (Wildman–Crippen LogP) is 3.97. The van der Waals surface area contributed by atoms with E-state index in [2.05, 4.69) is 10.9 Å². The van der Waals surface area contributed by atoms with Crippen LogP contribution in [0.1, 0.15) is 69.0 Å². The minimum Gasteiger partial charge on any atom is -0.294 e. The van der Waals surface area contributed by atoms with Crippen molar-refractivity contribution in [3.8, 4) is 0 Å². The van der Waals surface area contributed by atoms with Crippen molar-refractivity contribution in [1.82, 2.24) is 10.9 Å². The number of hydrogen-bond acceptors (Lipinski definition) is 4. The Balaban J connectivity index is 1.46. The summed E-state index contributed by atoms with van der Waals surface area (Å²) >= 11 is 1.49. The molecule has 1 heterocycles. The molecule has 1 aliphatic rings. The molecule has 0 bridgehead atoms. The highest BCUT2D eigenvalue weighted by Gasteiger charge is 2.17. The van der Waals surface area contributed by atoms with E-state index in [0.717, 1.165) is 25.7 Å². The first-order chi connectivity index (χ1) is 13.5. The Morgan fingerprint density at radius 2 is 1.64 bits per heavy atom. The number of hydrazine groups is 1. The van der Waals surface area contributed by atoms with Crippen LogP contribution < -0.4 is 10.9 Å². The fraction of sp³-hybridized carbons (Fsp3) is 0.381. The molecule has 0 radical (unpaired) electrons. The van der Waals surface area contributed by atoms with Crippen LogP contribution in [0.4, 0.5) is 4.39 Å². The number of hydrogen-bond donors (Lipinski definition) is 2. The average Bonchev–Trinajstić information content (AvgIpc) is 3.06. The minimum atomic E-state index is -0.446. The van der Waals surface area contributed by atoms with Crippen molar-refractivity contribution in [3.05, 3.63) is 57.0 Å². The van der Waals surface area contributed by atoms with Gasteiger partial charge in [0.25, 0.3) is 5.91 Å². The summed E-state index contributed by atoms with van der Waals surface area (Å²) in [6.07, 6.45) is 6.67. The van der Waals surface area contributed by atoms with Gasteiger partial charge in [0.1, 0.15) is 5.82 Å². The largest absolute Gasteiger partial charge is 0.294 e. The zero-order chi connectivity index (χ0) is 19.9. The molecule has 0 atom stereocenters. The summed E-state index contributed by atoms with van der Waals surface area (Å²) < 4.78 is 12.9. The van der Waals surface area contributed by atoms with E-state index in [9.17, 15) is 18.8 Å². The summed E-state index contributed by atoms with van der Waals surface area (Å²) in [5.74, 6) is -1.45. The van der Waals surface area contributed by atoms with Gasteiger partial charge in [0, 0.05) is 23.3 Å². The van der Waals surface area contributed by atoms with Crippen molar-refractivity contribution in [3.63, 3.8) is 0 Å². The molecular formula is C21H23FN2O3S. The maximum atomic E-state index is 12.9. The third-order valence-electron chi connectivity index (χ3n) is 4.78. The number of carbonyl (C=O) groups is 3. The van der Waals surface area contributed by atoms with Crippen molar-refractivity contribution in [2.24, 2.45) is 0 Å². The van der Waals surface area contributed by atoms with Crippen molar-refractivity contribution in [2.45, 2.75) is 51.4 Å². The van der Waals surface area contributed by atoms with E-state index < -0.39 is 11.7 Å². The first kappa shape index (κ1) is 20.2. The third-order valence-corrected chi connectivity index (χ3v) is 6.02. The quantitative estimate of drug-likeness (QED) is 0.587. The number of nitrogens with one attached hydrogen (secondary N) is 2. The number of fused-ring (bicyclic) bond motifs is 1. The van der Waals surface area contributed by atoms with Gasteiger partial charge < -0.3 is 0 Å². The van der Waals surface area contributed by atoms with E-state index in [1.807, 2.05) is 6.07 Å². The highest BCUT2D eigenvalue weighted by molar-refractivity contribution is 7.14. The molecule has 0 saturated heterocycles. The Kier molecular flexibility index (Phi) is 6.92. The van der Waals surface area contributed by atoms with Gasteiger partial charge in [0.2, 0.25) is 5.91 Å². The summed E-state index contributed by atoms with van der Waals surface area (Å²) in [6.45, 7) is 0. The molecule has 2 aromatic rings. The zero-order valence-electron chi connectivity index (χ0n) is 15.6. The molecule has 0 unspecified atom stereocenters. The second-order valence-electron chi connectivity index (χ2n) is 6.91. The van der Waals surface area contributed by atoms with Crippen LogP contribution in [0.25, 0.3) is 0 Å². The summed E-state index contributed by atoms with van der Waals surface area (Å²) in [6, 6.07) is 7.11. The number of Topliss-reactive ketones (excluding diaryl/α,β-unsaturated/α-hetero) is 1. The van der Waals surface area contributed by atoms with E-state index >= 15 is 0 Å². The average molecular weight is 402 g/mol. The molecule has 148 valence electrons. The third kappa shape index (κ3) is 5.48. The van der Waals surface area contributed by atoms with Gasteiger partial charge in [-0.3, -0.25) is 25.2 Å². The lowest BCUT2D eigenvalue weighted by molar-refractivity contribution is -0.121. The number of carbonyl (C=O) groups excluding carboxylic acids is 3. The summed E-state index contributed by atoms with van der Waals surface area (Å²) in [5.41, 5.74) is 6.38. The number of aryl methyl sites for hydroxylation is 2. The van der Waals surface area contributed by atoms with Crippen LogP contribution in [0.3, 0.4) is 0 Å². The smallest absolute Gasteiger partial charge is 0.279 e. The first-order valence-electron chi connectivity index (χ1n) is 9.52. The molecule has 5 nitrogen and oxygen atoms in total. The molecule has 7 heteroatoms. The maximum absolute atomic E-state index is 12.9. The van der Waals surface area contributed by atoms with Crippen molar-refractivity contribution < 1.29 is 18.8 Å². The molecular weight excluding hydrogens is 379 g/mol. The molecule has 2 N–H and O–H groups in total. The minimum absolute atomic E-state index is 0.0133. The van der Waals surface area contributed by atoms with Crippen LogP contribution in [0.2, 0.25) is 0 Å². The Bertz CT molecular complexity index is 836. The SMILES string of the molecule is O=C(CCC(=O)c1ccc(F)cc1)NNC(=O)c1cc2c(s1)CCCCCC2. The normalized spacial score (nSPS) is 13.8. The zero-order valence-corrected chi connectivity index (χ0v) is 16.4. The van der Waals surface area contributed by atoms with Crippen LogP contribution in [-0.4, -0.2) is 17.6 Å². The molecule has 0 spiro atoms. The van der Waals surface area contributed by atoms with Gasteiger partial charge >= 0.3 is 0 Å². The lowest BCUT2D eigenvalue weighted by Crippen LogP contribution is -2.41. The summed E-state index contributed by atoms with van der Waals surface area (Å²) in [4.78, 5) is 38.1. The number of halogens is 1. The summed E-state index contributed by atoms with van der Waals surface area (Å²) in [5, 5.41) is 0. The number of rotatable bonds is 5. The van der Waals surface area contributed by atoms with Crippen molar-refractivity contribution in [1.29, 1.82) is 0 Å². The van der Waals surface area contributed by atoms with Gasteiger partial charge in [-0.15, -0.1) is 11.3 Å². The molecule has 0 saturated carbocycles. The molecule has 2 amide bonds. The monoisotopic (exact) mass is 402 g/mol. The highest BCUT2D eigenvalue weighted by atomic mass is 32.1. The molecule has 28 heavy (non-hydrogen) atoms. The Morgan fingerprint density at radius 3 is 2.39 bits per heavy atom. The van der Waals surface area contributed by atoms with E-state index in [1.54, 1.807) is 0 Å². The topological polar surface area (TPSA) is 75.3 Å². The van der Waals surface area contributed by atoms with Gasteiger partial charge in [-0.1, -0.05) is 12.8 Å². The first-order valence-corrected chi connectivity index (χ1v) is 10.3. The lowest BCUT2D eigenvalue weighted by atomic mass is 10.00. The molecule has 1 aliphatic carbocycles. The van der Waals surface area contributed by atoms with E-state index in [4.69, 9.17) is 0 Å². The van der Waals surface area contributed by atoms with Gasteiger partial charge in [0.05, 0.1) is 4.88 Å². The summed E-state index contributed by atoms with van der Waals surface area (Å²) in [7, 11) is 0. The molecule has 0 aliphatic heterocycles. The number of ketones is 1. The van der Waals surface area contributed by atoms with E-state index in [-0.39, 0.29) is 24.5 Å². The maximum Gasteiger partial charge on any atom is 0.279 e. The Hall–Kier alpha value is -2.54. The van der Waals surface area contributed by atoms with Gasteiger partial charge in [-0.25, -0.2) is 4.39 Å². The van der Waals surface area contributed by atoms with Gasteiger partial charge in [0.15, 0.2) is 5.78 Å². The predicted molar refractivity (Wildman–Crippen MR) is 106 cm³/mol. The molecule has 1 aromatic carbocycles. The van der Waals surface area contributed by atoms with E-state index in [1.165, 1.54) is 58.9 Å². The van der Waals surface area contributed by atoms with Crippen molar-refractivity contribution >= 4 is 28.9 Å². The van der Waals surface area contributed by atoms with Crippen LogP contribution in [0.15, 0.2) is 30.3 Å². The Morgan fingerprint density at radius 1 is 0.929 bits per heavy atom. The van der Waals surface area contributed by atoms with Crippen LogP contribution >= 0.6 is 11.3 Å². The number of benzene rings is 1. The van der Waals surface area contributed by atoms with Crippen LogP contribution in [0, 0.1) is 5.82 Å². The highest BCUT2D eigenvalue weighted by Crippen LogP contribution is 2.28. The molecule has 3 rings (SSSR count). The molecule has 1 aromatic heterocycles. The second-order valence-corrected chi connectivity index (χ2v) is 8.04. The van der Waals surface area contributed by atoms with Gasteiger partial charge in [-0.2, -0.15) is 0 Å². The molecule has 0 fully saturated rings. The fourth-order valence-corrected chi connectivity index (χ4v) is 4.36. The van der Waals surface area contributed by atoms with Crippen LogP contribution in [-0.2, 0) is 17.6 Å².